The molecule has 0 spiro atoms. The summed E-state index contributed by atoms with van der Waals surface area (Å²) in [6.45, 7) is 1.53. The maximum Gasteiger partial charge on any atom is 0.214 e. The van der Waals surface area contributed by atoms with Gasteiger partial charge in [0.15, 0.2) is 5.12 Å². The Bertz CT molecular complexity index is 1170. The van der Waals surface area contributed by atoms with Crippen molar-refractivity contribution in [2.45, 2.75) is 11.8 Å². The number of Topliss-reactive ketones (excluding diaryl/α,β-unsaturated/α-hetero) is 1. The minimum Gasteiger partial charge on any atom is -0.287 e. The van der Waals surface area contributed by atoms with Gasteiger partial charge in [0, 0.05) is 34.1 Å². The van der Waals surface area contributed by atoms with Crippen molar-refractivity contribution < 1.29 is 9.59 Å². The van der Waals surface area contributed by atoms with E-state index < -0.39 is 0 Å². The van der Waals surface area contributed by atoms with Crippen molar-refractivity contribution in [3.05, 3.63) is 95.1 Å². The quantitative estimate of drug-likeness (QED) is 0.461. The molecule has 28 heavy (non-hydrogen) atoms. The molecular weight excluding hydrogens is 366 g/mol. The lowest BCUT2D eigenvalue weighted by atomic mass is 10.0. The molecule has 0 radical (unpaired) electrons. The van der Waals surface area contributed by atoms with Crippen LogP contribution in [0, 0.1) is 11.8 Å². The second kappa shape index (κ2) is 7.67. The first kappa shape index (κ1) is 18.0. The first-order valence-corrected chi connectivity index (χ1v) is 9.55. The second-order valence-electron chi connectivity index (χ2n) is 6.26. The summed E-state index contributed by atoms with van der Waals surface area (Å²) in [5.74, 6) is 6.14. The van der Waals surface area contributed by atoms with E-state index in [1.54, 1.807) is 6.07 Å². The van der Waals surface area contributed by atoms with E-state index in [0.717, 1.165) is 33.3 Å². The van der Waals surface area contributed by atoms with E-state index in [1.165, 1.54) is 6.92 Å². The maximum absolute atomic E-state index is 12.7. The predicted molar refractivity (Wildman–Crippen MR) is 112 cm³/mol. The molecule has 1 heterocycles. The predicted octanol–water partition coefficient (Wildman–Crippen LogP) is 5.04. The summed E-state index contributed by atoms with van der Waals surface area (Å²) in [7, 11) is 0. The third-order valence-corrected chi connectivity index (χ3v) is 5.00. The Morgan fingerprint density at radius 1 is 0.893 bits per heavy atom. The Morgan fingerprint density at radius 3 is 2.32 bits per heavy atom. The zero-order valence-electron chi connectivity index (χ0n) is 15.1. The van der Waals surface area contributed by atoms with Crippen LogP contribution in [0.4, 0.5) is 5.69 Å². The number of thioether (sulfide) groups is 1. The third kappa shape index (κ3) is 3.80. The number of hydrogen-bond donors (Lipinski definition) is 0. The van der Waals surface area contributed by atoms with Gasteiger partial charge in [0.2, 0.25) is 5.78 Å². The molecule has 0 aliphatic carbocycles. The molecule has 3 aromatic carbocycles. The van der Waals surface area contributed by atoms with Crippen LogP contribution >= 0.6 is 11.8 Å². The highest BCUT2D eigenvalue weighted by atomic mass is 32.2. The van der Waals surface area contributed by atoms with E-state index in [9.17, 15) is 9.59 Å². The molecule has 0 fully saturated rings. The largest absolute Gasteiger partial charge is 0.287 e. The summed E-state index contributed by atoms with van der Waals surface area (Å²) >= 11 is 1.16. The van der Waals surface area contributed by atoms with Crippen molar-refractivity contribution in [1.29, 1.82) is 0 Å². The van der Waals surface area contributed by atoms with Gasteiger partial charge >= 0.3 is 0 Å². The van der Waals surface area contributed by atoms with Crippen LogP contribution in [0.15, 0.2) is 82.7 Å². The van der Waals surface area contributed by atoms with Gasteiger partial charge < -0.3 is 0 Å². The van der Waals surface area contributed by atoms with Crippen LogP contribution in [0.5, 0.6) is 0 Å². The zero-order valence-corrected chi connectivity index (χ0v) is 15.9. The summed E-state index contributed by atoms with van der Waals surface area (Å²) in [5.41, 5.74) is 4.14. The average Bonchev–Trinajstić information content (AvgIpc) is 3.03. The molecular formula is C24H15NO2S. The van der Waals surface area contributed by atoms with Crippen LogP contribution in [-0.4, -0.2) is 16.6 Å². The first-order valence-electron chi connectivity index (χ1n) is 8.73. The molecule has 0 unspecified atom stereocenters. The number of benzene rings is 3. The van der Waals surface area contributed by atoms with Crippen molar-refractivity contribution in [1.82, 2.24) is 0 Å². The van der Waals surface area contributed by atoms with Gasteiger partial charge in [0.05, 0.1) is 5.69 Å². The molecule has 0 saturated heterocycles. The number of ketones is 1. The molecule has 4 rings (SSSR count). The molecule has 1 aliphatic rings. The lowest BCUT2D eigenvalue weighted by Gasteiger charge is -2.01. The van der Waals surface area contributed by atoms with Crippen molar-refractivity contribution in [2.24, 2.45) is 4.99 Å². The van der Waals surface area contributed by atoms with Crippen LogP contribution in [0.2, 0.25) is 0 Å². The normalized spacial score (nSPS) is 12.0. The van der Waals surface area contributed by atoms with Gasteiger partial charge in [-0.3, -0.25) is 9.59 Å². The third-order valence-electron chi connectivity index (χ3n) is 4.20. The maximum atomic E-state index is 12.7. The van der Waals surface area contributed by atoms with E-state index in [0.29, 0.717) is 17.0 Å². The Labute approximate surface area is 167 Å². The number of carbonyl (C=O) groups is 2. The van der Waals surface area contributed by atoms with Crippen LogP contribution in [0.3, 0.4) is 0 Å². The molecule has 0 aromatic heterocycles. The molecule has 3 aromatic rings. The lowest BCUT2D eigenvalue weighted by molar-refractivity contribution is -0.109. The van der Waals surface area contributed by atoms with Crippen LogP contribution in [-0.2, 0) is 4.79 Å². The number of rotatable bonds is 2. The van der Waals surface area contributed by atoms with Crippen molar-refractivity contribution >= 4 is 34.1 Å². The molecule has 0 saturated carbocycles. The van der Waals surface area contributed by atoms with Crippen molar-refractivity contribution in [3.63, 3.8) is 0 Å². The van der Waals surface area contributed by atoms with E-state index in [-0.39, 0.29) is 10.9 Å². The minimum atomic E-state index is -0.0930. The molecule has 3 nitrogen and oxygen atoms in total. The number of fused-ring (bicyclic) bond motifs is 1. The fourth-order valence-corrected chi connectivity index (χ4v) is 3.51. The second-order valence-corrected chi connectivity index (χ2v) is 7.51. The number of hydrogen-bond acceptors (Lipinski definition) is 4. The SMILES string of the molecule is CC(=O)Sc1ccc(C2=Nc3cc(C#Cc4ccccc4)ccc3C2=O)cc1. The Balaban J connectivity index is 1.61. The lowest BCUT2D eigenvalue weighted by Crippen LogP contribution is -2.10. The fourth-order valence-electron chi connectivity index (χ4n) is 2.90. The summed E-state index contributed by atoms with van der Waals surface area (Å²) < 4.78 is 0. The van der Waals surface area contributed by atoms with Gasteiger partial charge in [-0.25, -0.2) is 4.99 Å². The summed E-state index contributed by atoms with van der Waals surface area (Å²) in [4.78, 5) is 29.3. The molecule has 0 amide bonds. The van der Waals surface area contributed by atoms with Crippen molar-refractivity contribution in [3.8, 4) is 11.8 Å². The Morgan fingerprint density at radius 2 is 1.61 bits per heavy atom. The van der Waals surface area contributed by atoms with E-state index in [1.807, 2.05) is 66.7 Å². The summed E-state index contributed by atoms with van der Waals surface area (Å²) in [6.07, 6.45) is 0. The summed E-state index contributed by atoms with van der Waals surface area (Å²) in [5, 5.41) is 0.0265. The van der Waals surface area contributed by atoms with Gasteiger partial charge in [-0.15, -0.1) is 0 Å². The van der Waals surface area contributed by atoms with Gasteiger partial charge in [-0.1, -0.05) is 53.9 Å². The number of aliphatic imine (C=N–C) groups is 1. The highest BCUT2D eigenvalue weighted by molar-refractivity contribution is 8.13. The smallest absolute Gasteiger partial charge is 0.214 e. The summed E-state index contributed by atoms with van der Waals surface area (Å²) in [6, 6.07) is 22.5. The molecule has 4 heteroatoms. The number of nitrogens with zero attached hydrogens (tertiary/aromatic N) is 1. The average molecular weight is 381 g/mol. The van der Waals surface area contributed by atoms with E-state index >= 15 is 0 Å². The topological polar surface area (TPSA) is 46.5 Å². The highest BCUT2D eigenvalue weighted by Gasteiger charge is 2.25. The first-order chi connectivity index (χ1) is 13.6. The molecule has 134 valence electrons. The van der Waals surface area contributed by atoms with Crippen LogP contribution in [0.25, 0.3) is 0 Å². The Kier molecular flexibility index (Phi) is 4.92. The molecule has 0 bridgehead atoms. The van der Waals surface area contributed by atoms with Crippen LogP contribution < -0.4 is 0 Å². The highest BCUT2D eigenvalue weighted by Crippen LogP contribution is 2.30. The molecule has 0 N–H and O–H groups in total. The zero-order chi connectivity index (χ0) is 19.5. The standard InChI is InChI=1S/C24H15NO2S/c1-16(26)28-20-12-10-19(11-13-20)23-24(27)21-14-9-18(15-22(21)25-23)8-7-17-5-3-2-4-6-17/h2-6,9-15H,1H3. The van der Waals surface area contributed by atoms with Gasteiger partial charge in [-0.2, -0.15) is 0 Å². The van der Waals surface area contributed by atoms with E-state index in [4.69, 9.17) is 0 Å². The monoisotopic (exact) mass is 381 g/mol. The minimum absolute atomic E-state index is 0.0265. The molecule has 0 atom stereocenters. The van der Waals surface area contributed by atoms with Gasteiger partial charge in [0.1, 0.15) is 5.71 Å². The Hall–Kier alpha value is -3.42. The van der Waals surface area contributed by atoms with Gasteiger partial charge in [0.25, 0.3) is 0 Å². The van der Waals surface area contributed by atoms with E-state index in [2.05, 4.69) is 16.8 Å². The molecule has 1 aliphatic heterocycles. The van der Waals surface area contributed by atoms with Crippen molar-refractivity contribution in [2.75, 3.05) is 0 Å². The van der Waals surface area contributed by atoms with Crippen LogP contribution in [0.1, 0.15) is 34.0 Å². The number of carbonyl (C=O) groups excluding carboxylic acids is 2. The van der Waals surface area contributed by atoms with Gasteiger partial charge in [-0.05, 0) is 42.5 Å². The fraction of sp³-hybridized carbons (Fsp3) is 0.0417.